The summed E-state index contributed by atoms with van der Waals surface area (Å²) in [6.45, 7) is 0. The van der Waals surface area contributed by atoms with E-state index in [0.29, 0.717) is 22.3 Å². The zero-order valence-corrected chi connectivity index (χ0v) is 15.2. The molecule has 0 aliphatic carbocycles. The molecule has 0 bridgehead atoms. The number of halogens is 1. The third-order valence-electron chi connectivity index (χ3n) is 3.80. The molecule has 0 aliphatic rings. The molecule has 1 amide bonds. The number of rotatable bonds is 6. The van der Waals surface area contributed by atoms with Crippen LogP contribution in [0.25, 0.3) is 5.69 Å². The Morgan fingerprint density at radius 2 is 1.81 bits per heavy atom. The normalized spacial score (nSPS) is 10.4. The van der Waals surface area contributed by atoms with E-state index in [0.717, 1.165) is 11.3 Å². The lowest BCUT2D eigenvalue weighted by atomic mass is 10.1. The summed E-state index contributed by atoms with van der Waals surface area (Å²) in [4.78, 5) is 12.3. The minimum atomic E-state index is -0.144. The minimum Gasteiger partial charge on any atom is -0.493 e. The van der Waals surface area contributed by atoms with Gasteiger partial charge in [0.15, 0.2) is 11.5 Å². The highest BCUT2D eigenvalue weighted by atomic mass is 35.5. The molecule has 1 heterocycles. The van der Waals surface area contributed by atoms with E-state index in [9.17, 15) is 4.79 Å². The fourth-order valence-corrected chi connectivity index (χ4v) is 2.66. The van der Waals surface area contributed by atoms with Gasteiger partial charge in [0.25, 0.3) is 0 Å². The first-order valence-corrected chi connectivity index (χ1v) is 8.29. The Morgan fingerprint density at radius 1 is 1.08 bits per heavy atom. The van der Waals surface area contributed by atoms with E-state index in [1.165, 1.54) is 0 Å². The molecule has 0 fully saturated rings. The Morgan fingerprint density at radius 3 is 2.50 bits per heavy atom. The standard InChI is InChI=1S/C19H18ClN3O3/c1-25-16-8-7-15(12-17(16)26-2)23-18(9-10-21-23)22-19(24)11-13-3-5-14(20)6-4-13/h3-10,12H,11H2,1-2H3,(H,22,24). The number of methoxy groups -OCH3 is 2. The highest BCUT2D eigenvalue weighted by Crippen LogP contribution is 2.30. The van der Waals surface area contributed by atoms with Crippen LogP contribution in [-0.4, -0.2) is 29.9 Å². The second-order valence-corrected chi connectivity index (χ2v) is 5.96. The summed E-state index contributed by atoms with van der Waals surface area (Å²) in [5.41, 5.74) is 1.62. The lowest BCUT2D eigenvalue weighted by Crippen LogP contribution is -2.17. The first kappa shape index (κ1) is 17.8. The second-order valence-electron chi connectivity index (χ2n) is 5.52. The van der Waals surface area contributed by atoms with Gasteiger partial charge in [-0.15, -0.1) is 0 Å². The van der Waals surface area contributed by atoms with Crippen molar-refractivity contribution in [3.8, 4) is 17.2 Å². The summed E-state index contributed by atoms with van der Waals surface area (Å²) >= 11 is 5.87. The van der Waals surface area contributed by atoms with Gasteiger partial charge in [-0.25, -0.2) is 4.68 Å². The van der Waals surface area contributed by atoms with Gasteiger partial charge in [-0.05, 0) is 29.8 Å². The van der Waals surface area contributed by atoms with E-state index >= 15 is 0 Å². The van der Waals surface area contributed by atoms with Gasteiger partial charge in [0, 0.05) is 17.2 Å². The van der Waals surface area contributed by atoms with Gasteiger partial charge in [-0.2, -0.15) is 5.10 Å². The summed E-state index contributed by atoms with van der Waals surface area (Å²) in [6.07, 6.45) is 1.86. The molecule has 3 aromatic rings. The molecule has 1 aromatic heterocycles. The number of amides is 1. The summed E-state index contributed by atoms with van der Waals surface area (Å²) in [7, 11) is 3.15. The van der Waals surface area contributed by atoms with Crippen molar-refractivity contribution in [3.05, 3.63) is 65.3 Å². The maximum atomic E-state index is 12.3. The Labute approximate surface area is 156 Å². The number of ether oxygens (including phenoxy) is 2. The van der Waals surface area contributed by atoms with Crippen molar-refractivity contribution in [1.29, 1.82) is 0 Å². The average molecular weight is 372 g/mol. The number of aromatic nitrogens is 2. The van der Waals surface area contributed by atoms with E-state index in [1.54, 1.807) is 55.4 Å². The smallest absolute Gasteiger partial charge is 0.229 e. The van der Waals surface area contributed by atoms with Crippen LogP contribution in [0.15, 0.2) is 54.7 Å². The monoisotopic (exact) mass is 371 g/mol. The first-order valence-electron chi connectivity index (χ1n) is 7.91. The Balaban J connectivity index is 1.78. The minimum absolute atomic E-state index is 0.144. The maximum Gasteiger partial charge on any atom is 0.229 e. The van der Waals surface area contributed by atoms with Crippen LogP contribution in [0.3, 0.4) is 0 Å². The van der Waals surface area contributed by atoms with Gasteiger partial charge in [0.2, 0.25) is 5.91 Å². The Kier molecular flexibility index (Phi) is 5.43. The molecule has 0 unspecified atom stereocenters. The van der Waals surface area contributed by atoms with Crippen LogP contribution in [0, 0.1) is 0 Å². The number of carbonyl (C=O) groups excluding carboxylic acids is 1. The number of nitrogens with zero attached hydrogens (tertiary/aromatic N) is 2. The molecule has 0 atom stereocenters. The van der Waals surface area contributed by atoms with Gasteiger partial charge in [0.05, 0.1) is 32.5 Å². The van der Waals surface area contributed by atoms with Crippen LogP contribution in [0.1, 0.15) is 5.56 Å². The molecule has 3 rings (SSSR count). The molecule has 0 aliphatic heterocycles. The topological polar surface area (TPSA) is 65.4 Å². The predicted octanol–water partition coefficient (Wildman–Crippen LogP) is 3.72. The fourth-order valence-electron chi connectivity index (χ4n) is 2.54. The Bertz CT molecular complexity index is 907. The van der Waals surface area contributed by atoms with E-state index in [4.69, 9.17) is 21.1 Å². The maximum absolute atomic E-state index is 12.3. The van der Waals surface area contributed by atoms with Gasteiger partial charge < -0.3 is 14.8 Å². The lowest BCUT2D eigenvalue weighted by Gasteiger charge is -2.12. The predicted molar refractivity (Wildman–Crippen MR) is 100 cm³/mol. The van der Waals surface area contributed by atoms with Crippen LogP contribution >= 0.6 is 11.6 Å². The SMILES string of the molecule is COc1ccc(-n2nccc2NC(=O)Cc2ccc(Cl)cc2)cc1OC. The van der Waals surface area contributed by atoms with Crippen molar-refractivity contribution < 1.29 is 14.3 Å². The van der Waals surface area contributed by atoms with E-state index in [2.05, 4.69) is 10.4 Å². The van der Waals surface area contributed by atoms with Crippen molar-refractivity contribution in [1.82, 2.24) is 9.78 Å². The number of nitrogens with one attached hydrogen (secondary N) is 1. The molecular weight excluding hydrogens is 354 g/mol. The molecule has 2 aromatic carbocycles. The molecular formula is C19H18ClN3O3. The fraction of sp³-hybridized carbons (Fsp3) is 0.158. The summed E-state index contributed by atoms with van der Waals surface area (Å²) < 4.78 is 12.2. The van der Waals surface area contributed by atoms with Gasteiger partial charge in [-0.3, -0.25) is 4.79 Å². The average Bonchev–Trinajstić information content (AvgIpc) is 3.11. The number of hydrogen-bond acceptors (Lipinski definition) is 4. The van der Waals surface area contributed by atoms with Crippen molar-refractivity contribution in [2.24, 2.45) is 0 Å². The number of hydrogen-bond donors (Lipinski definition) is 1. The lowest BCUT2D eigenvalue weighted by molar-refractivity contribution is -0.115. The molecule has 0 radical (unpaired) electrons. The van der Waals surface area contributed by atoms with Gasteiger partial charge in [-0.1, -0.05) is 23.7 Å². The second kappa shape index (κ2) is 7.93. The highest BCUT2D eigenvalue weighted by molar-refractivity contribution is 6.30. The zero-order valence-electron chi connectivity index (χ0n) is 14.4. The van der Waals surface area contributed by atoms with Crippen LogP contribution < -0.4 is 14.8 Å². The largest absolute Gasteiger partial charge is 0.493 e. The molecule has 0 saturated carbocycles. The van der Waals surface area contributed by atoms with Crippen molar-refractivity contribution in [2.75, 3.05) is 19.5 Å². The van der Waals surface area contributed by atoms with Crippen molar-refractivity contribution >= 4 is 23.3 Å². The quantitative estimate of drug-likeness (QED) is 0.717. The molecule has 0 saturated heterocycles. The third kappa shape index (κ3) is 3.97. The van der Waals surface area contributed by atoms with Crippen LogP contribution in [-0.2, 0) is 11.2 Å². The van der Waals surface area contributed by atoms with Gasteiger partial charge in [0.1, 0.15) is 5.82 Å². The molecule has 7 heteroatoms. The van der Waals surface area contributed by atoms with Crippen LogP contribution in [0.5, 0.6) is 11.5 Å². The molecule has 134 valence electrons. The van der Waals surface area contributed by atoms with Crippen molar-refractivity contribution in [2.45, 2.75) is 6.42 Å². The number of carbonyl (C=O) groups is 1. The first-order chi connectivity index (χ1) is 12.6. The summed E-state index contributed by atoms with van der Waals surface area (Å²) in [5.74, 6) is 1.63. The summed E-state index contributed by atoms with van der Waals surface area (Å²) in [6, 6.07) is 14.3. The molecule has 1 N–H and O–H groups in total. The number of benzene rings is 2. The molecule has 6 nitrogen and oxygen atoms in total. The highest BCUT2D eigenvalue weighted by Gasteiger charge is 2.12. The van der Waals surface area contributed by atoms with Gasteiger partial charge >= 0.3 is 0 Å². The third-order valence-corrected chi connectivity index (χ3v) is 4.05. The van der Waals surface area contributed by atoms with E-state index < -0.39 is 0 Å². The van der Waals surface area contributed by atoms with E-state index in [-0.39, 0.29) is 12.3 Å². The molecule has 0 spiro atoms. The zero-order chi connectivity index (χ0) is 18.5. The van der Waals surface area contributed by atoms with Crippen LogP contribution in [0.4, 0.5) is 5.82 Å². The van der Waals surface area contributed by atoms with Crippen molar-refractivity contribution in [3.63, 3.8) is 0 Å². The summed E-state index contributed by atoms with van der Waals surface area (Å²) in [5, 5.41) is 7.79. The molecule has 26 heavy (non-hydrogen) atoms. The Hall–Kier alpha value is -2.99. The van der Waals surface area contributed by atoms with E-state index in [1.807, 2.05) is 18.2 Å². The number of anilines is 1. The van der Waals surface area contributed by atoms with Crippen LogP contribution in [0.2, 0.25) is 5.02 Å².